The van der Waals surface area contributed by atoms with Crippen LogP contribution in [0.15, 0.2) is 41.4 Å². The Hall–Kier alpha value is -1.34. The zero-order valence-corrected chi connectivity index (χ0v) is 13.7. The molecule has 0 atom stereocenters. The largest absolute Gasteiger partial charge is 0.339 e. The van der Waals surface area contributed by atoms with Crippen molar-refractivity contribution in [1.82, 2.24) is 9.29 Å². The van der Waals surface area contributed by atoms with Crippen molar-refractivity contribution in [1.29, 1.82) is 0 Å². The predicted octanol–water partition coefficient (Wildman–Crippen LogP) is 3.38. The first kappa shape index (κ1) is 16.0. The van der Waals surface area contributed by atoms with Crippen molar-refractivity contribution in [2.24, 2.45) is 0 Å². The van der Waals surface area contributed by atoms with E-state index in [1.54, 1.807) is 24.3 Å². The molecule has 0 saturated heterocycles. The summed E-state index contributed by atoms with van der Waals surface area (Å²) in [6, 6.07) is 8.04. The third-order valence-corrected chi connectivity index (χ3v) is 5.07. The predicted molar refractivity (Wildman–Crippen MR) is 84.9 cm³/mol. The van der Waals surface area contributed by atoms with Crippen LogP contribution in [0.25, 0.3) is 0 Å². The van der Waals surface area contributed by atoms with E-state index in [2.05, 4.69) is 10.3 Å². The van der Waals surface area contributed by atoms with Gasteiger partial charge in [0.05, 0.1) is 10.7 Å². The maximum Gasteiger partial charge on any atom is 0.244 e. The first-order valence-electron chi connectivity index (χ1n) is 5.91. The van der Waals surface area contributed by atoms with Crippen molar-refractivity contribution in [3.8, 4) is 0 Å². The molecule has 0 fully saturated rings. The third-order valence-electron chi connectivity index (χ3n) is 2.71. The molecule has 5 nitrogen and oxygen atoms in total. The van der Waals surface area contributed by atoms with Crippen molar-refractivity contribution in [2.75, 3.05) is 19.4 Å². The summed E-state index contributed by atoms with van der Waals surface area (Å²) in [5.41, 5.74) is 0.597. The SMILES string of the molecule is CN(C)S(=O)(=O)c1ccc(Nc2cc(Cl)ccc2Cl)nc1. The van der Waals surface area contributed by atoms with Gasteiger partial charge in [-0.25, -0.2) is 17.7 Å². The smallest absolute Gasteiger partial charge is 0.244 e. The van der Waals surface area contributed by atoms with Gasteiger partial charge in [-0.2, -0.15) is 0 Å². The Balaban J connectivity index is 2.26. The van der Waals surface area contributed by atoms with Gasteiger partial charge in [0.2, 0.25) is 10.0 Å². The zero-order valence-electron chi connectivity index (χ0n) is 11.3. The van der Waals surface area contributed by atoms with Crippen LogP contribution in [0.2, 0.25) is 10.0 Å². The Labute approximate surface area is 133 Å². The van der Waals surface area contributed by atoms with Gasteiger partial charge in [-0.15, -0.1) is 0 Å². The van der Waals surface area contributed by atoms with Gasteiger partial charge in [0, 0.05) is 25.3 Å². The van der Waals surface area contributed by atoms with E-state index in [9.17, 15) is 8.42 Å². The van der Waals surface area contributed by atoms with Gasteiger partial charge in [0.15, 0.2) is 0 Å². The molecule has 0 spiro atoms. The number of rotatable bonds is 4. The van der Waals surface area contributed by atoms with Gasteiger partial charge in [0.25, 0.3) is 0 Å². The van der Waals surface area contributed by atoms with E-state index in [-0.39, 0.29) is 4.90 Å². The first-order valence-corrected chi connectivity index (χ1v) is 8.11. The fraction of sp³-hybridized carbons (Fsp3) is 0.154. The maximum atomic E-state index is 11.9. The van der Waals surface area contributed by atoms with Crippen LogP contribution in [0, 0.1) is 0 Å². The summed E-state index contributed by atoms with van der Waals surface area (Å²) in [4.78, 5) is 4.20. The van der Waals surface area contributed by atoms with E-state index >= 15 is 0 Å². The van der Waals surface area contributed by atoms with Gasteiger partial charge in [-0.05, 0) is 30.3 Å². The van der Waals surface area contributed by atoms with Crippen LogP contribution in [0.3, 0.4) is 0 Å². The van der Waals surface area contributed by atoms with Crippen LogP contribution in [-0.2, 0) is 10.0 Å². The molecule has 21 heavy (non-hydrogen) atoms. The molecule has 0 saturated carbocycles. The molecule has 1 N–H and O–H groups in total. The molecule has 2 aromatic rings. The summed E-state index contributed by atoms with van der Waals surface area (Å²) < 4.78 is 25.0. The number of sulfonamides is 1. The number of pyridine rings is 1. The number of nitrogens with one attached hydrogen (secondary N) is 1. The molecule has 0 unspecified atom stereocenters. The molecule has 0 radical (unpaired) electrons. The van der Waals surface area contributed by atoms with E-state index in [0.29, 0.717) is 21.6 Å². The molecular formula is C13H13Cl2N3O2S. The second-order valence-corrected chi connectivity index (χ2v) is 7.41. The first-order chi connectivity index (χ1) is 9.80. The number of anilines is 2. The minimum absolute atomic E-state index is 0.121. The number of benzene rings is 1. The van der Waals surface area contributed by atoms with E-state index < -0.39 is 10.0 Å². The van der Waals surface area contributed by atoms with Crippen molar-refractivity contribution in [2.45, 2.75) is 4.90 Å². The molecule has 2 rings (SSSR count). The van der Waals surface area contributed by atoms with Crippen molar-refractivity contribution < 1.29 is 8.42 Å². The molecule has 1 aromatic heterocycles. The summed E-state index contributed by atoms with van der Waals surface area (Å²) in [5.74, 6) is 0.469. The van der Waals surface area contributed by atoms with Crippen LogP contribution in [-0.4, -0.2) is 31.8 Å². The van der Waals surface area contributed by atoms with E-state index in [1.807, 2.05) is 0 Å². The second kappa shape index (κ2) is 6.19. The molecule has 1 aromatic carbocycles. The lowest BCUT2D eigenvalue weighted by molar-refractivity contribution is 0.520. The standard InChI is InChI=1S/C13H13Cl2N3O2S/c1-18(2)21(19,20)10-4-6-13(16-8-10)17-12-7-9(14)3-5-11(12)15/h3-8H,1-2H3,(H,16,17). The number of aromatic nitrogens is 1. The summed E-state index contributed by atoms with van der Waals surface area (Å²) in [6.45, 7) is 0. The minimum Gasteiger partial charge on any atom is -0.339 e. The summed E-state index contributed by atoms with van der Waals surface area (Å²) in [6.07, 6.45) is 1.29. The summed E-state index contributed by atoms with van der Waals surface area (Å²) in [7, 11) is -0.554. The second-order valence-electron chi connectivity index (χ2n) is 4.42. The molecule has 8 heteroatoms. The Morgan fingerprint density at radius 2 is 1.86 bits per heavy atom. The molecule has 112 valence electrons. The van der Waals surface area contributed by atoms with Gasteiger partial charge < -0.3 is 5.32 Å². The Morgan fingerprint density at radius 1 is 1.14 bits per heavy atom. The van der Waals surface area contributed by atoms with Gasteiger partial charge in [-0.3, -0.25) is 0 Å². The Bertz CT molecular complexity index is 747. The highest BCUT2D eigenvalue weighted by Crippen LogP contribution is 2.28. The summed E-state index contributed by atoms with van der Waals surface area (Å²) in [5, 5.41) is 4.01. The number of nitrogens with zero attached hydrogens (tertiary/aromatic N) is 2. The molecule has 1 heterocycles. The fourth-order valence-corrected chi connectivity index (χ4v) is 2.73. The van der Waals surface area contributed by atoms with Gasteiger partial charge in [0.1, 0.15) is 10.7 Å². The molecule has 0 aliphatic rings. The van der Waals surface area contributed by atoms with Crippen molar-refractivity contribution >= 4 is 44.7 Å². The molecule has 0 amide bonds. The Kier molecular flexibility index (Phi) is 4.73. The minimum atomic E-state index is -3.49. The number of halogens is 2. The molecule has 0 aliphatic heterocycles. The lowest BCUT2D eigenvalue weighted by atomic mass is 10.3. The molecular weight excluding hydrogens is 333 g/mol. The Morgan fingerprint density at radius 3 is 2.43 bits per heavy atom. The van der Waals surface area contributed by atoms with Gasteiger partial charge in [-0.1, -0.05) is 23.2 Å². The normalized spacial score (nSPS) is 11.7. The fourth-order valence-electron chi connectivity index (χ4n) is 1.55. The highest BCUT2D eigenvalue weighted by atomic mass is 35.5. The van der Waals surface area contributed by atoms with Crippen LogP contribution >= 0.6 is 23.2 Å². The third kappa shape index (κ3) is 3.65. The van der Waals surface area contributed by atoms with Crippen LogP contribution in [0.5, 0.6) is 0 Å². The molecule has 0 aliphatic carbocycles. The van der Waals surface area contributed by atoms with E-state index in [1.165, 1.54) is 26.4 Å². The maximum absolute atomic E-state index is 11.9. The number of hydrogen-bond donors (Lipinski definition) is 1. The lowest BCUT2D eigenvalue weighted by Gasteiger charge is -2.12. The monoisotopic (exact) mass is 345 g/mol. The van der Waals surface area contributed by atoms with Gasteiger partial charge >= 0.3 is 0 Å². The van der Waals surface area contributed by atoms with Crippen LogP contribution in [0.4, 0.5) is 11.5 Å². The van der Waals surface area contributed by atoms with Crippen molar-refractivity contribution in [3.05, 3.63) is 46.6 Å². The van der Waals surface area contributed by atoms with Crippen LogP contribution in [0.1, 0.15) is 0 Å². The highest BCUT2D eigenvalue weighted by Gasteiger charge is 2.17. The highest BCUT2D eigenvalue weighted by molar-refractivity contribution is 7.89. The van der Waals surface area contributed by atoms with Crippen molar-refractivity contribution in [3.63, 3.8) is 0 Å². The average molecular weight is 346 g/mol. The topological polar surface area (TPSA) is 62.3 Å². The zero-order chi connectivity index (χ0) is 15.6. The lowest BCUT2D eigenvalue weighted by Crippen LogP contribution is -2.22. The quantitative estimate of drug-likeness (QED) is 0.922. The van der Waals surface area contributed by atoms with Crippen LogP contribution < -0.4 is 5.32 Å². The average Bonchev–Trinajstić information content (AvgIpc) is 2.43. The van der Waals surface area contributed by atoms with E-state index in [0.717, 1.165) is 4.31 Å². The number of hydrogen-bond acceptors (Lipinski definition) is 4. The summed E-state index contributed by atoms with van der Waals surface area (Å²) >= 11 is 11.9. The van der Waals surface area contributed by atoms with E-state index in [4.69, 9.17) is 23.2 Å². The molecule has 0 bridgehead atoms.